The van der Waals surface area contributed by atoms with Crippen LogP contribution < -0.4 is 4.90 Å². The summed E-state index contributed by atoms with van der Waals surface area (Å²) in [4.78, 5) is 11.2. The smallest absolute Gasteiger partial charge is 0.139 e. The lowest BCUT2D eigenvalue weighted by Gasteiger charge is -2.33. The van der Waals surface area contributed by atoms with Crippen LogP contribution in [0.3, 0.4) is 0 Å². The van der Waals surface area contributed by atoms with E-state index in [1.165, 1.54) is 0 Å². The molecular weight excluding hydrogens is 324 g/mol. The van der Waals surface area contributed by atoms with Crippen molar-refractivity contribution in [3.8, 4) is 0 Å². The fourth-order valence-corrected chi connectivity index (χ4v) is 3.64. The minimum Gasteiger partial charge on any atom is -0.355 e. The molecule has 2 aromatic heterocycles. The van der Waals surface area contributed by atoms with Gasteiger partial charge in [0.25, 0.3) is 0 Å². The first-order valence-corrected chi connectivity index (χ1v) is 8.67. The Balaban J connectivity index is 1.67. The highest BCUT2D eigenvalue weighted by atomic mass is 35.5. The number of hydrogen-bond acceptors (Lipinski definition) is 5. The highest BCUT2D eigenvalue weighted by Crippen LogP contribution is 2.31. The summed E-state index contributed by atoms with van der Waals surface area (Å²) in [6.07, 6.45) is 5.67. The van der Waals surface area contributed by atoms with E-state index in [4.69, 9.17) is 11.6 Å². The molecule has 1 aliphatic heterocycles. The third-order valence-electron chi connectivity index (χ3n) is 4.65. The predicted molar refractivity (Wildman–Crippen MR) is 94.4 cm³/mol. The van der Waals surface area contributed by atoms with Crippen LogP contribution in [0.1, 0.15) is 31.5 Å². The van der Waals surface area contributed by atoms with Crippen LogP contribution in [0.2, 0.25) is 5.02 Å². The van der Waals surface area contributed by atoms with Crippen LogP contribution >= 0.6 is 11.6 Å². The van der Waals surface area contributed by atoms with Gasteiger partial charge in [-0.25, -0.2) is 9.97 Å². The van der Waals surface area contributed by atoms with Crippen LogP contribution in [0.5, 0.6) is 0 Å². The van der Waals surface area contributed by atoms with Gasteiger partial charge in [0.1, 0.15) is 24.3 Å². The van der Waals surface area contributed by atoms with Crippen LogP contribution in [0.4, 0.5) is 5.82 Å². The van der Waals surface area contributed by atoms with Crippen LogP contribution in [-0.4, -0.2) is 37.8 Å². The van der Waals surface area contributed by atoms with Crippen molar-refractivity contribution in [3.63, 3.8) is 0 Å². The van der Waals surface area contributed by atoms with Crippen molar-refractivity contribution >= 4 is 28.3 Å². The summed E-state index contributed by atoms with van der Waals surface area (Å²) in [6.45, 7) is 4.90. The van der Waals surface area contributed by atoms with Gasteiger partial charge < -0.3 is 9.47 Å². The molecule has 0 aliphatic carbocycles. The van der Waals surface area contributed by atoms with Crippen molar-refractivity contribution < 1.29 is 0 Å². The summed E-state index contributed by atoms with van der Waals surface area (Å²) in [7, 11) is 0. The van der Waals surface area contributed by atoms with Crippen LogP contribution in [-0.2, 0) is 6.54 Å². The zero-order chi connectivity index (χ0) is 16.5. The van der Waals surface area contributed by atoms with E-state index in [0.29, 0.717) is 10.9 Å². The number of anilines is 1. The average Bonchev–Trinajstić information content (AvgIpc) is 3.10. The highest BCUT2D eigenvalue weighted by molar-refractivity contribution is 6.31. The molecule has 1 unspecified atom stereocenters. The first-order chi connectivity index (χ1) is 11.8. The Morgan fingerprint density at radius 2 is 2.21 bits per heavy atom. The fraction of sp³-hybridized carbons (Fsp3) is 0.412. The second-order valence-electron chi connectivity index (χ2n) is 6.12. The maximum Gasteiger partial charge on any atom is 0.139 e. The third kappa shape index (κ3) is 2.71. The number of aromatic nitrogens is 5. The van der Waals surface area contributed by atoms with Crippen LogP contribution in [0.15, 0.2) is 30.9 Å². The molecule has 1 fully saturated rings. The summed E-state index contributed by atoms with van der Waals surface area (Å²) >= 11 is 6.09. The van der Waals surface area contributed by atoms with Crippen molar-refractivity contribution in [2.75, 3.05) is 18.0 Å². The molecule has 1 aliphatic rings. The molecular formula is C17H19ClN6. The molecule has 4 rings (SSSR count). The van der Waals surface area contributed by atoms with Gasteiger partial charge in [0.2, 0.25) is 0 Å². The van der Waals surface area contributed by atoms with Crippen molar-refractivity contribution in [2.45, 2.75) is 32.2 Å². The van der Waals surface area contributed by atoms with E-state index < -0.39 is 0 Å². The van der Waals surface area contributed by atoms with Gasteiger partial charge >= 0.3 is 0 Å². The van der Waals surface area contributed by atoms with E-state index >= 15 is 0 Å². The summed E-state index contributed by atoms with van der Waals surface area (Å²) in [5.74, 6) is 2.42. The Bertz CT molecular complexity index is 861. The molecule has 1 aromatic carbocycles. The van der Waals surface area contributed by atoms with Crippen molar-refractivity contribution in [2.24, 2.45) is 0 Å². The van der Waals surface area contributed by atoms with Gasteiger partial charge in [0.05, 0.1) is 5.52 Å². The van der Waals surface area contributed by atoms with E-state index in [-0.39, 0.29) is 0 Å². The van der Waals surface area contributed by atoms with Gasteiger partial charge in [-0.1, -0.05) is 11.6 Å². The Kier molecular flexibility index (Phi) is 4.06. The van der Waals surface area contributed by atoms with Gasteiger partial charge in [0.15, 0.2) is 0 Å². The number of rotatable bonds is 3. The van der Waals surface area contributed by atoms with Crippen molar-refractivity contribution in [1.82, 2.24) is 24.7 Å². The summed E-state index contributed by atoms with van der Waals surface area (Å²) < 4.78 is 2.13. The normalized spacial score (nSPS) is 18.2. The molecule has 0 radical (unpaired) electrons. The summed E-state index contributed by atoms with van der Waals surface area (Å²) in [5.41, 5.74) is 0.881. The largest absolute Gasteiger partial charge is 0.355 e. The monoisotopic (exact) mass is 342 g/mol. The van der Waals surface area contributed by atoms with Gasteiger partial charge in [0, 0.05) is 36.0 Å². The molecule has 24 heavy (non-hydrogen) atoms. The van der Waals surface area contributed by atoms with E-state index in [9.17, 15) is 0 Å². The molecule has 0 N–H and O–H groups in total. The SMILES string of the molecule is CCn1cnnc1C1CCCN(c2ncnc3cc(Cl)ccc23)C1. The van der Waals surface area contributed by atoms with E-state index in [0.717, 1.165) is 55.0 Å². The molecule has 3 heterocycles. The lowest BCUT2D eigenvalue weighted by Crippen LogP contribution is -2.36. The lowest BCUT2D eigenvalue weighted by molar-refractivity contribution is 0.471. The second kappa shape index (κ2) is 6.36. The molecule has 0 amide bonds. The quantitative estimate of drug-likeness (QED) is 0.731. The second-order valence-corrected chi connectivity index (χ2v) is 6.56. The molecule has 1 atom stereocenters. The van der Waals surface area contributed by atoms with E-state index in [1.54, 1.807) is 6.33 Å². The molecule has 1 saturated heterocycles. The standard InChI is InChI=1S/C17H19ClN6/c1-2-23-11-21-22-16(23)12-4-3-7-24(9-12)17-14-6-5-13(18)8-15(14)19-10-20-17/h5-6,8,10-12H,2-4,7,9H2,1H3. The first kappa shape index (κ1) is 15.3. The predicted octanol–water partition coefficient (Wildman–Crippen LogP) is 3.28. The number of hydrogen-bond donors (Lipinski definition) is 0. The molecule has 0 bridgehead atoms. The molecule has 7 heteroatoms. The van der Waals surface area contributed by atoms with E-state index in [1.807, 2.05) is 24.5 Å². The fourth-order valence-electron chi connectivity index (χ4n) is 3.47. The molecule has 6 nitrogen and oxygen atoms in total. The average molecular weight is 343 g/mol. The number of nitrogens with zero attached hydrogens (tertiary/aromatic N) is 6. The number of aryl methyl sites for hydroxylation is 1. The van der Waals surface area contributed by atoms with Crippen molar-refractivity contribution in [3.05, 3.63) is 41.7 Å². The van der Waals surface area contributed by atoms with Gasteiger partial charge in [-0.2, -0.15) is 0 Å². The molecule has 124 valence electrons. The zero-order valence-corrected chi connectivity index (χ0v) is 14.3. The number of fused-ring (bicyclic) bond motifs is 1. The minimum atomic E-state index is 0.374. The maximum atomic E-state index is 6.09. The van der Waals surface area contributed by atoms with Gasteiger partial charge in [-0.3, -0.25) is 0 Å². The zero-order valence-electron chi connectivity index (χ0n) is 13.6. The molecule has 0 spiro atoms. The number of piperidine rings is 1. The van der Waals surface area contributed by atoms with Crippen molar-refractivity contribution in [1.29, 1.82) is 0 Å². The van der Waals surface area contributed by atoms with Gasteiger partial charge in [-0.05, 0) is 38.0 Å². The lowest BCUT2D eigenvalue weighted by atomic mass is 9.97. The Morgan fingerprint density at radius 1 is 1.29 bits per heavy atom. The number of halogens is 1. The van der Waals surface area contributed by atoms with E-state index in [2.05, 4.69) is 36.6 Å². The maximum absolute atomic E-state index is 6.09. The molecule has 0 saturated carbocycles. The first-order valence-electron chi connectivity index (χ1n) is 8.29. The van der Waals surface area contributed by atoms with Gasteiger partial charge in [-0.15, -0.1) is 10.2 Å². The highest BCUT2D eigenvalue weighted by Gasteiger charge is 2.26. The number of benzene rings is 1. The van der Waals surface area contributed by atoms with Crippen LogP contribution in [0, 0.1) is 0 Å². The summed E-state index contributed by atoms with van der Waals surface area (Å²) in [6, 6.07) is 5.79. The third-order valence-corrected chi connectivity index (χ3v) is 4.88. The Morgan fingerprint density at radius 3 is 3.08 bits per heavy atom. The Hall–Kier alpha value is -2.21. The Labute approximate surface area is 145 Å². The van der Waals surface area contributed by atoms with Crippen LogP contribution in [0.25, 0.3) is 10.9 Å². The topological polar surface area (TPSA) is 59.7 Å². The molecule has 3 aromatic rings. The summed E-state index contributed by atoms with van der Waals surface area (Å²) in [5, 5.41) is 10.2. The minimum absolute atomic E-state index is 0.374.